The Kier molecular flexibility index (Phi) is 15.2. The van der Waals surface area contributed by atoms with Crippen LogP contribution < -0.4 is 16.4 Å². The number of phosphoric ester groups is 3. The molecule has 3 heterocycles. The number of fused-ring (bicyclic) bond motifs is 1. The molecule has 1 aliphatic rings. The zero-order valence-corrected chi connectivity index (χ0v) is 30.9. The summed E-state index contributed by atoms with van der Waals surface area (Å²) in [5, 5.41) is 25.9. The minimum atomic E-state index is -5.56. The highest BCUT2D eigenvalue weighted by atomic mass is 32.2. The third kappa shape index (κ3) is 12.7. The predicted molar refractivity (Wildman–Crippen MR) is 177 cm³/mol. The first-order chi connectivity index (χ1) is 24.1. The average Bonchev–Trinajstić information content (AvgIpc) is 3.60. The molecule has 28 heteroatoms. The molecule has 3 rings (SSSR count). The largest absolute Gasteiger partial charge is 0.481 e. The number of carbonyl (C=O) groups excluding carboxylic acids is 3. The summed E-state index contributed by atoms with van der Waals surface area (Å²) >= 11 is 0.952. The molecule has 0 spiro atoms. The standard InChI is InChI=1S/C24H38N7O17P3S/c1-4-15(33)52-8-7-26-14(32)5-6-27-22(36)19(35)24(2,3)10-45-51(42,43)48-50(40,41)44-9-13-18(47-49(37,38)39)17(34)23(46-13)31-12-30-16-20(25)28-11-29-21(16)31/h4,11-13,17-19,23,34-35H,1,5-10H2,2-3H3,(H,26,32)(H,27,36)(H,40,41)(H,42,43)(H2,25,28,29)(H2,37,38,39)/t13-,17?,18+,19+,23-/m1/s1. The highest BCUT2D eigenvalue weighted by molar-refractivity contribution is 8.14. The molecule has 52 heavy (non-hydrogen) atoms. The van der Waals surface area contributed by atoms with E-state index >= 15 is 0 Å². The average molecular weight is 822 g/mol. The first-order valence-corrected chi connectivity index (χ1v) is 20.2. The number of nitrogen functional groups attached to an aromatic ring is 1. The van der Waals surface area contributed by atoms with Gasteiger partial charge in [0.25, 0.3) is 0 Å². The zero-order valence-electron chi connectivity index (χ0n) is 27.4. The molecule has 0 aromatic carbocycles. The second-order valence-electron chi connectivity index (χ2n) is 11.4. The monoisotopic (exact) mass is 821 g/mol. The SMILES string of the molecule is C=CC(=O)SCCNC(=O)CCNC(=O)[C@H](O)C(C)(C)COP(=O)(O)OP(=O)(O)OC[C@H]1O[C@@H](n2cnc3c(N)ncnc32)C(O)[C@H]1OP(=O)(O)O. The van der Waals surface area contributed by atoms with E-state index in [9.17, 15) is 57.9 Å². The van der Waals surface area contributed by atoms with Gasteiger partial charge >= 0.3 is 23.5 Å². The van der Waals surface area contributed by atoms with Crippen LogP contribution in [0.1, 0.15) is 26.5 Å². The number of nitrogens with one attached hydrogen (secondary N) is 2. The Labute approximate surface area is 298 Å². The topological polar surface area (TPSA) is 364 Å². The van der Waals surface area contributed by atoms with Crippen LogP contribution in [0, 0.1) is 5.41 Å². The number of aromatic nitrogens is 4. The van der Waals surface area contributed by atoms with E-state index in [1.807, 2.05) is 0 Å². The normalized spacial score (nSPS) is 22.3. The third-order valence-corrected chi connectivity index (χ3v) is 10.9. The summed E-state index contributed by atoms with van der Waals surface area (Å²) in [6.07, 6.45) is -5.79. The molecule has 10 N–H and O–H groups in total. The molecular weight excluding hydrogens is 783 g/mol. The maximum atomic E-state index is 12.6. The number of amides is 2. The van der Waals surface area contributed by atoms with Crippen molar-refractivity contribution in [2.45, 2.75) is 50.9 Å². The number of aliphatic hydroxyl groups is 2. The van der Waals surface area contributed by atoms with Gasteiger partial charge < -0.3 is 50.9 Å². The summed E-state index contributed by atoms with van der Waals surface area (Å²) in [6.45, 7) is 3.77. The molecular formula is C24H38N7O17P3S. The molecule has 7 atom stereocenters. The van der Waals surface area contributed by atoms with E-state index in [1.54, 1.807) is 0 Å². The Morgan fingerprint density at radius 2 is 1.79 bits per heavy atom. The van der Waals surface area contributed by atoms with Crippen molar-refractivity contribution in [2.75, 3.05) is 37.8 Å². The van der Waals surface area contributed by atoms with Crippen molar-refractivity contribution in [3.63, 3.8) is 0 Å². The Hall–Kier alpha value is -2.70. The van der Waals surface area contributed by atoms with Crippen LogP contribution in [-0.4, -0.2) is 123 Å². The van der Waals surface area contributed by atoms with Crippen LogP contribution in [0.2, 0.25) is 0 Å². The number of imidazole rings is 1. The summed E-state index contributed by atoms with van der Waals surface area (Å²) in [5.74, 6) is -1.18. The molecule has 292 valence electrons. The van der Waals surface area contributed by atoms with Gasteiger partial charge in [0.2, 0.25) is 16.9 Å². The fourth-order valence-electron chi connectivity index (χ4n) is 4.34. The number of ether oxygens (including phenoxy) is 1. The molecule has 0 saturated carbocycles. The quantitative estimate of drug-likeness (QED) is 0.0432. The molecule has 1 aliphatic heterocycles. The van der Waals surface area contributed by atoms with Crippen LogP contribution >= 0.6 is 35.2 Å². The van der Waals surface area contributed by atoms with Crippen LogP contribution in [0.5, 0.6) is 0 Å². The van der Waals surface area contributed by atoms with Crippen molar-refractivity contribution < 1.29 is 80.5 Å². The Bertz CT molecular complexity index is 1760. The number of nitrogens with two attached hydrogens (primary N) is 1. The van der Waals surface area contributed by atoms with Crippen molar-refractivity contribution in [3.05, 3.63) is 25.3 Å². The van der Waals surface area contributed by atoms with Gasteiger partial charge in [0.1, 0.15) is 36.3 Å². The lowest BCUT2D eigenvalue weighted by molar-refractivity contribution is -0.137. The minimum absolute atomic E-state index is 0.0290. The number of carbonyl (C=O) groups is 3. The lowest BCUT2D eigenvalue weighted by Gasteiger charge is -2.30. The van der Waals surface area contributed by atoms with Gasteiger partial charge in [-0.3, -0.25) is 32.5 Å². The van der Waals surface area contributed by atoms with Gasteiger partial charge in [-0.25, -0.2) is 28.6 Å². The highest BCUT2D eigenvalue weighted by Crippen LogP contribution is 2.61. The Morgan fingerprint density at radius 1 is 1.12 bits per heavy atom. The first kappa shape index (κ1) is 43.7. The molecule has 0 aliphatic carbocycles. The van der Waals surface area contributed by atoms with Gasteiger partial charge in [0.15, 0.2) is 17.7 Å². The lowest BCUT2D eigenvalue weighted by atomic mass is 9.87. The van der Waals surface area contributed by atoms with Gasteiger partial charge in [0.05, 0.1) is 19.5 Å². The van der Waals surface area contributed by atoms with Gasteiger partial charge in [0, 0.05) is 30.7 Å². The number of rotatable bonds is 20. The van der Waals surface area contributed by atoms with E-state index in [1.165, 1.54) is 13.8 Å². The second kappa shape index (κ2) is 18.1. The van der Waals surface area contributed by atoms with E-state index in [0.29, 0.717) is 5.75 Å². The highest BCUT2D eigenvalue weighted by Gasteiger charge is 2.50. The maximum absolute atomic E-state index is 12.6. The molecule has 3 unspecified atom stereocenters. The van der Waals surface area contributed by atoms with Gasteiger partial charge in [-0.05, 0) is 6.08 Å². The van der Waals surface area contributed by atoms with E-state index in [2.05, 4.69) is 41.0 Å². The van der Waals surface area contributed by atoms with Crippen LogP contribution in [-0.2, 0) is 50.7 Å². The van der Waals surface area contributed by atoms with E-state index in [-0.39, 0.29) is 41.6 Å². The number of phosphoric acid groups is 3. The van der Waals surface area contributed by atoms with Gasteiger partial charge in [-0.2, -0.15) is 4.31 Å². The smallest absolute Gasteiger partial charge is 0.386 e. The summed E-state index contributed by atoms with van der Waals surface area (Å²) < 4.78 is 61.9. The summed E-state index contributed by atoms with van der Waals surface area (Å²) in [6, 6.07) is 0. The fraction of sp³-hybridized carbons (Fsp3) is 0.583. The van der Waals surface area contributed by atoms with Crippen LogP contribution in [0.25, 0.3) is 11.2 Å². The maximum Gasteiger partial charge on any atom is 0.481 e. The van der Waals surface area contributed by atoms with E-state index in [0.717, 1.165) is 35.1 Å². The molecule has 1 saturated heterocycles. The van der Waals surface area contributed by atoms with Gasteiger partial charge in [-0.15, -0.1) is 0 Å². The van der Waals surface area contributed by atoms with Crippen molar-refractivity contribution in [1.82, 2.24) is 30.2 Å². The summed E-state index contributed by atoms with van der Waals surface area (Å²) in [5.41, 5.74) is 4.25. The van der Waals surface area contributed by atoms with E-state index in [4.69, 9.17) is 19.5 Å². The number of thioether (sulfide) groups is 1. The van der Waals surface area contributed by atoms with Crippen LogP contribution in [0.4, 0.5) is 5.82 Å². The van der Waals surface area contributed by atoms with Gasteiger partial charge in [-0.1, -0.05) is 32.2 Å². The molecule has 24 nitrogen and oxygen atoms in total. The molecule has 2 amide bonds. The number of hydrogen-bond donors (Lipinski definition) is 9. The molecule has 1 fully saturated rings. The summed E-state index contributed by atoms with van der Waals surface area (Å²) in [7, 11) is -16.4. The molecule has 2 aromatic heterocycles. The number of anilines is 1. The Morgan fingerprint density at radius 3 is 2.44 bits per heavy atom. The number of nitrogens with zero attached hydrogens (tertiary/aromatic N) is 4. The number of hydrogen-bond acceptors (Lipinski definition) is 18. The number of aliphatic hydroxyl groups excluding tert-OH is 2. The van der Waals surface area contributed by atoms with Crippen molar-refractivity contribution in [2.24, 2.45) is 5.41 Å². The lowest BCUT2D eigenvalue weighted by Crippen LogP contribution is -2.46. The third-order valence-electron chi connectivity index (χ3n) is 6.91. The van der Waals surface area contributed by atoms with Crippen LogP contribution in [0.3, 0.4) is 0 Å². The van der Waals surface area contributed by atoms with E-state index < -0.39 is 84.6 Å². The first-order valence-electron chi connectivity index (χ1n) is 14.7. The zero-order chi connectivity index (χ0) is 39.1. The Balaban J connectivity index is 1.54. The van der Waals surface area contributed by atoms with Crippen LogP contribution in [0.15, 0.2) is 25.3 Å². The molecule has 2 aromatic rings. The molecule has 0 radical (unpaired) electrons. The van der Waals surface area contributed by atoms with Crippen molar-refractivity contribution in [3.8, 4) is 0 Å². The van der Waals surface area contributed by atoms with Crippen molar-refractivity contribution in [1.29, 1.82) is 0 Å². The fourth-order valence-corrected chi connectivity index (χ4v) is 7.69. The predicted octanol–water partition coefficient (Wildman–Crippen LogP) is -1.15. The summed E-state index contributed by atoms with van der Waals surface area (Å²) in [4.78, 5) is 86.3. The minimum Gasteiger partial charge on any atom is -0.386 e. The van der Waals surface area contributed by atoms with Crippen molar-refractivity contribution >= 4 is 69.1 Å². The second-order valence-corrected chi connectivity index (χ2v) is 16.8. The molecule has 0 bridgehead atoms.